The summed E-state index contributed by atoms with van der Waals surface area (Å²) in [5.74, 6) is 0. The van der Waals surface area contributed by atoms with Crippen molar-refractivity contribution in [3.05, 3.63) is 29.3 Å². The van der Waals surface area contributed by atoms with Gasteiger partial charge in [-0.1, -0.05) is 17.7 Å². The molecular formula is C8H9ClNO. The van der Waals surface area contributed by atoms with Crippen molar-refractivity contribution in [2.75, 3.05) is 18.5 Å². The fraction of sp³-hybridized carbons (Fsp3) is 0.250. The van der Waals surface area contributed by atoms with Crippen molar-refractivity contribution in [1.82, 2.24) is 0 Å². The maximum absolute atomic E-state index is 10.1. The zero-order chi connectivity index (χ0) is 8.10. The molecular weight excluding hydrogens is 162 g/mol. The smallest absolute Gasteiger partial charge is 0.0994 e. The van der Waals surface area contributed by atoms with E-state index in [1.165, 1.54) is 0 Å². The fourth-order valence-corrected chi connectivity index (χ4v) is 0.984. The lowest BCUT2D eigenvalue weighted by Gasteiger charge is -2.02. The van der Waals surface area contributed by atoms with Crippen molar-refractivity contribution < 1.29 is 5.11 Å². The predicted octanol–water partition coefficient (Wildman–Crippen LogP) is 2.18. The highest BCUT2D eigenvalue weighted by molar-refractivity contribution is 6.30. The summed E-state index contributed by atoms with van der Waals surface area (Å²) in [6.45, 7) is 0.326. The highest BCUT2D eigenvalue weighted by Gasteiger charge is 1.90. The molecule has 3 heteroatoms. The van der Waals surface area contributed by atoms with E-state index in [1.54, 1.807) is 12.1 Å². The molecule has 2 nitrogen and oxygen atoms in total. The standard InChI is InChI=1S/C8H9ClNO/c9-7-2-1-3-8(6-7)10-4-5-11/h1-3,6,10H,4-5H2. The van der Waals surface area contributed by atoms with E-state index in [-0.39, 0.29) is 6.61 Å². The van der Waals surface area contributed by atoms with Crippen molar-refractivity contribution >= 4 is 17.3 Å². The summed E-state index contributed by atoms with van der Waals surface area (Å²) in [6.07, 6.45) is 0. The van der Waals surface area contributed by atoms with Crippen LogP contribution >= 0.6 is 11.6 Å². The lowest BCUT2D eigenvalue weighted by molar-refractivity contribution is 0.206. The Labute approximate surface area is 70.8 Å². The van der Waals surface area contributed by atoms with E-state index in [0.717, 1.165) is 5.69 Å². The van der Waals surface area contributed by atoms with Gasteiger partial charge >= 0.3 is 0 Å². The van der Waals surface area contributed by atoms with Gasteiger partial charge in [0.15, 0.2) is 0 Å². The van der Waals surface area contributed by atoms with E-state index in [0.29, 0.717) is 11.6 Å². The number of hydrogen-bond donors (Lipinski definition) is 1. The average molecular weight is 171 g/mol. The lowest BCUT2D eigenvalue weighted by Crippen LogP contribution is -2.03. The minimum absolute atomic E-state index is 0.119. The Morgan fingerprint density at radius 1 is 1.45 bits per heavy atom. The topological polar surface area (TPSA) is 31.9 Å². The van der Waals surface area contributed by atoms with Gasteiger partial charge in [0.1, 0.15) is 0 Å². The molecule has 0 saturated carbocycles. The summed E-state index contributed by atoms with van der Waals surface area (Å²) in [5, 5.41) is 13.7. The normalized spacial score (nSPS) is 9.64. The number of rotatable bonds is 3. The largest absolute Gasteiger partial charge is 0.383 e. The fourth-order valence-electron chi connectivity index (χ4n) is 0.794. The molecule has 0 fully saturated rings. The molecule has 0 aliphatic rings. The first-order valence-electron chi connectivity index (χ1n) is 3.40. The van der Waals surface area contributed by atoms with Crippen LogP contribution < -0.4 is 5.32 Å². The highest BCUT2D eigenvalue weighted by Crippen LogP contribution is 2.14. The third kappa shape index (κ3) is 2.78. The van der Waals surface area contributed by atoms with Gasteiger partial charge in [0.2, 0.25) is 0 Å². The van der Waals surface area contributed by atoms with Crippen LogP contribution in [0.3, 0.4) is 0 Å². The zero-order valence-electron chi connectivity index (χ0n) is 6.01. The van der Waals surface area contributed by atoms with E-state index < -0.39 is 0 Å². The van der Waals surface area contributed by atoms with Crippen LogP contribution in [0.4, 0.5) is 5.69 Å². The monoisotopic (exact) mass is 170 g/mol. The number of hydrogen-bond acceptors (Lipinski definition) is 1. The second-order valence-corrected chi connectivity index (χ2v) is 2.58. The predicted molar refractivity (Wildman–Crippen MR) is 45.5 cm³/mol. The van der Waals surface area contributed by atoms with E-state index in [1.807, 2.05) is 12.1 Å². The molecule has 0 aromatic heterocycles. The molecule has 0 heterocycles. The number of benzene rings is 1. The second-order valence-electron chi connectivity index (χ2n) is 2.14. The molecule has 1 aromatic rings. The zero-order valence-corrected chi connectivity index (χ0v) is 6.77. The van der Waals surface area contributed by atoms with Gasteiger partial charge in [-0.05, 0) is 18.2 Å². The summed E-state index contributed by atoms with van der Waals surface area (Å²) in [5.41, 5.74) is 0.897. The number of halogens is 1. The van der Waals surface area contributed by atoms with Crippen molar-refractivity contribution in [2.24, 2.45) is 0 Å². The summed E-state index contributed by atoms with van der Waals surface area (Å²) in [7, 11) is 0. The third-order valence-corrected chi connectivity index (χ3v) is 1.49. The van der Waals surface area contributed by atoms with Gasteiger partial charge in [-0.3, -0.25) is 0 Å². The molecule has 1 radical (unpaired) electrons. The third-order valence-electron chi connectivity index (χ3n) is 1.26. The molecule has 1 rings (SSSR count). The van der Waals surface area contributed by atoms with Crippen LogP contribution in [0.1, 0.15) is 0 Å². The minimum Gasteiger partial charge on any atom is -0.383 e. The average Bonchev–Trinajstić information content (AvgIpc) is 2.01. The molecule has 0 aliphatic heterocycles. The molecule has 0 aliphatic carbocycles. The van der Waals surface area contributed by atoms with Gasteiger partial charge < -0.3 is 5.32 Å². The molecule has 0 saturated heterocycles. The van der Waals surface area contributed by atoms with Gasteiger partial charge in [0, 0.05) is 17.3 Å². The van der Waals surface area contributed by atoms with Gasteiger partial charge in [-0.25, -0.2) is 5.11 Å². The Morgan fingerprint density at radius 3 is 2.91 bits per heavy atom. The van der Waals surface area contributed by atoms with E-state index in [9.17, 15) is 5.11 Å². The van der Waals surface area contributed by atoms with Gasteiger partial charge in [-0.2, -0.15) is 0 Å². The molecule has 1 N–H and O–H groups in total. The van der Waals surface area contributed by atoms with E-state index >= 15 is 0 Å². The molecule has 0 atom stereocenters. The van der Waals surface area contributed by atoms with Crippen LogP contribution in [0, 0.1) is 0 Å². The van der Waals surface area contributed by atoms with Gasteiger partial charge in [-0.15, -0.1) is 0 Å². The SMILES string of the molecule is [O]CCNc1cccc(Cl)c1. The molecule has 0 unspecified atom stereocenters. The van der Waals surface area contributed by atoms with Crippen LogP contribution in [0.25, 0.3) is 0 Å². The van der Waals surface area contributed by atoms with Gasteiger partial charge in [0.05, 0.1) is 6.61 Å². The molecule has 59 valence electrons. The van der Waals surface area contributed by atoms with E-state index in [4.69, 9.17) is 11.6 Å². The van der Waals surface area contributed by atoms with Crippen LogP contribution in [-0.4, -0.2) is 13.2 Å². The molecule has 0 spiro atoms. The number of nitrogens with one attached hydrogen (secondary N) is 1. The highest BCUT2D eigenvalue weighted by atomic mass is 35.5. The summed E-state index contributed by atoms with van der Waals surface area (Å²) in [6, 6.07) is 7.30. The molecule has 0 bridgehead atoms. The van der Waals surface area contributed by atoms with Crippen LogP contribution in [-0.2, 0) is 5.11 Å². The number of anilines is 1. The maximum Gasteiger partial charge on any atom is 0.0994 e. The Bertz CT molecular complexity index is 227. The molecule has 1 aromatic carbocycles. The second kappa shape index (κ2) is 4.21. The van der Waals surface area contributed by atoms with Gasteiger partial charge in [0.25, 0.3) is 0 Å². The first kappa shape index (κ1) is 8.37. The molecule has 11 heavy (non-hydrogen) atoms. The van der Waals surface area contributed by atoms with Crippen LogP contribution in [0.2, 0.25) is 5.02 Å². The van der Waals surface area contributed by atoms with Crippen molar-refractivity contribution in [1.29, 1.82) is 0 Å². The Balaban J connectivity index is 2.56. The summed E-state index contributed by atoms with van der Waals surface area (Å²) < 4.78 is 0. The van der Waals surface area contributed by atoms with Crippen molar-refractivity contribution in [2.45, 2.75) is 0 Å². The Kier molecular flexibility index (Phi) is 3.20. The first-order valence-corrected chi connectivity index (χ1v) is 3.78. The van der Waals surface area contributed by atoms with Crippen molar-refractivity contribution in [3.63, 3.8) is 0 Å². The van der Waals surface area contributed by atoms with Crippen LogP contribution in [0.15, 0.2) is 24.3 Å². The van der Waals surface area contributed by atoms with Crippen LogP contribution in [0.5, 0.6) is 0 Å². The summed E-state index contributed by atoms with van der Waals surface area (Å²) in [4.78, 5) is 0. The van der Waals surface area contributed by atoms with E-state index in [2.05, 4.69) is 5.32 Å². The molecule has 0 amide bonds. The Hall–Kier alpha value is -0.730. The summed E-state index contributed by atoms with van der Waals surface area (Å²) >= 11 is 5.71. The minimum atomic E-state index is -0.119. The first-order chi connectivity index (χ1) is 5.33. The Morgan fingerprint density at radius 2 is 2.27 bits per heavy atom. The van der Waals surface area contributed by atoms with Crippen molar-refractivity contribution in [3.8, 4) is 0 Å². The lowest BCUT2D eigenvalue weighted by atomic mass is 10.3. The quantitative estimate of drug-likeness (QED) is 0.741. The maximum atomic E-state index is 10.1.